The summed E-state index contributed by atoms with van der Waals surface area (Å²) in [5, 5.41) is 2.75. The van der Waals surface area contributed by atoms with Crippen molar-refractivity contribution in [3.63, 3.8) is 0 Å². The van der Waals surface area contributed by atoms with Crippen molar-refractivity contribution in [3.8, 4) is 0 Å². The first-order valence-electron chi connectivity index (χ1n) is 11.1. The van der Waals surface area contributed by atoms with E-state index in [1.807, 2.05) is 77.9 Å². The average molecular weight is 532 g/mol. The van der Waals surface area contributed by atoms with Crippen molar-refractivity contribution >= 4 is 40.5 Å². The molecule has 0 aliphatic carbocycles. The lowest BCUT2D eigenvalue weighted by molar-refractivity contribution is 0.0951. The van der Waals surface area contributed by atoms with E-state index in [0.717, 1.165) is 17.4 Å². The highest BCUT2D eigenvalue weighted by atomic mass is 32.2. The van der Waals surface area contributed by atoms with Gasteiger partial charge in [-0.3, -0.25) is 18.0 Å². The second kappa shape index (κ2) is 26.4. The fourth-order valence-corrected chi connectivity index (χ4v) is 2.25. The van der Waals surface area contributed by atoms with Crippen molar-refractivity contribution < 1.29 is 31.3 Å². The molecule has 1 amide bonds. The molecule has 1 unspecified atom stereocenters. The lowest BCUT2D eigenvalue weighted by atomic mass is 10.1. The summed E-state index contributed by atoms with van der Waals surface area (Å²) < 4.78 is 35.0. The van der Waals surface area contributed by atoms with Crippen LogP contribution in [0.1, 0.15) is 66.0 Å². The molecule has 0 aliphatic rings. The van der Waals surface area contributed by atoms with Crippen LogP contribution in [0.3, 0.4) is 0 Å². The molecule has 35 heavy (non-hydrogen) atoms. The molecule has 2 rings (SSSR count). The Morgan fingerprint density at radius 2 is 1.40 bits per heavy atom. The predicted molar refractivity (Wildman–Crippen MR) is 148 cm³/mol. The summed E-state index contributed by atoms with van der Waals surface area (Å²) in [7, 11) is 1.30. The number of amides is 1. The van der Waals surface area contributed by atoms with E-state index in [2.05, 4.69) is 15.4 Å². The van der Waals surface area contributed by atoms with E-state index in [9.17, 15) is 13.8 Å². The molecule has 10 heteroatoms. The molecule has 0 fully saturated rings. The van der Waals surface area contributed by atoms with Crippen LogP contribution >= 0.6 is 11.0 Å². The Morgan fingerprint density at radius 3 is 1.80 bits per heavy atom. The number of rotatable bonds is 8. The number of aryl methyl sites for hydroxylation is 2. The number of aldehydes is 1. The van der Waals surface area contributed by atoms with Crippen LogP contribution in [0, 0.1) is 13.8 Å². The van der Waals surface area contributed by atoms with Gasteiger partial charge >= 0.3 is 11.4 Å². The van der Waals surface area contributed by atoms with E-state index >= 15 is 0 Å². The highest BCUT2D eigenvalue weighted by Crippen LogP contribution is 2.02. The monoisotopic (exact) mass is 531 g/mol. The van der Waals surface area contributed by atoms with Gasteiger partial charge in [0, 0.05) is 17.7 Å². The fourth-order valence-electron chi connectivity index (χ4n) is 1.90. The lowest BCUT2D eigenvalue weighted by Crippen LogP contribution is -2.25. The van der Waals surface area contributed by atoms with Gasteiger partial charge in [-0.05, 0) is 38.3 Å². The molecule has 0 saturated carbocycles. The van der Waals surface area contributed by atoms with E-state index in [1.165, 1.54) is 12.7 Å². The first-order chi connectivity index (χ1) is 16.7. The van der Waals surface area contributed by atoms with Gasteiger partial charge in [0.15, 0.2) is 0 Å². The second-order valence-corrected chi connectivity index (χ2v) is 7.69. The number of carbonyl (C=O) groups is 2. The lowest BCUT2D eigenvalue weighted by Gasteiger charge is -2.05. The van der Waals surface area contributed by atoms with Crippen molar-refractivity contribution in [2.75, 3.05) is 20.3 Å². The predicted octanol–water partition coefficient (Wildman–Crippen LogP) is 5.85. The SMILES string of the molecule is C=S(O)O.CC.CC.COS(=O)OCCCNC(=O)c1ccc(C)cc1.Cc1ccc(C=O)cc1. The number of hydrogen-bond donors (Lipinski definition) is 3. The molecule has 0 aromatic heterocycles. The van der Waals surface area contributed by atoms with Crippen LogP contribution in [-0.4, -0.2) is 51.6 Å². The van der Waals surface area contributed by atoms with Gasteiger partial charge in [0.2, 0.25) is 0 Å². The molecule has 0 radical (unpaired) electrons. The summed E-state index contributed by atoms with van der Waals surface area (Å²) in [5.74, 6) is 2.66. The Kier molecular flexibility index (Phi) is 28.2. The van der Waals surface area contributed by atoms with Crippen molar-refractivity contribution in [1.82, 2.24) is 5.32 Å². The highest BCUT2D eigenvalue weighted by Gasteiger charge is 2.04. The molecule has 1 atom stereocenters. The van der Waals surface area contributed by atoms with Crippen LogP contribution in [0.25, 0.3) is 0 Å². The summed E-state index contributed by atoms with van der Waals surface area (Å²) in [6, 6.07) is 14.8. The topological polar surface area (TPSA) is 122 Å². The maximum atomic E-state index is 11.7. The van der Waals surface area contributed by atoms with Crippen LogP contribution in [-0.2, 0) is 19.7 Å². The smallest absolute Gasteiger partial charge is 0.304 e. The van der Waals surface area contributed by atoms with Gasteiger partial charge in [0.05, 0.1) is 24.8 Å². The van der Waals surface area contributed by atoms with Crippen LogP contribution in [0.15, 0.2) is 48.5 Å². The van der Waals surface area contributed by atoms with E-state index in [4.69, 9.17) is 13.3 Å². The Labute approximate surface area is 215 Å². The molecule has 0 spiro atoms. The third kappa shape index (κ3) is 24.7. The van der Waals surface area contributed by atoms with Crippen LogP contribution < -0.4 is 5.32 Å². The van der Waals surface area contributed by atoms with Crippen LogP contribution in [0.4, 0.5) is 0 Å². The Bertz CT molecular complexity index is 823. The van der Waals surface area contributed by atoms with Gasteiger partial charge in [-0.1, -0.05) is 75.2 Å². The second-order valence-electron chi connectivity index (χ2n) is 6.04. The third-order valence-electron chi connectivity index (χ3n) is 3.45. The van der Waals surface area contributed by atoms with Gasteiger partial charge in [0.25, 0.3) is 5.91 Å². The number of hydrogen-bond acceptors (Lipinski definition) is 7. The van der Waals surface area contributed by atoms with Gasteiger partial charge < -0.3 is 14.4 Å². The molecule has 0 saturated heterocycles. The maximum Gasteiger partial charge on any atom is 0.304 e. The molecule has 2 aromatic rings. The largest absolute Gasteiger partial charge is 0.352 e. The molecule has 0 aliphatic heterocycles. The zero-order valence-corrected chi connectivity index (χ0v) is 23.4. The molecule has 8 nitrogen and oxygen atoms in total. The Balaban J connectivity index is -0.000000500. The van der Waals surface area contributed by atoms with Gasteiger partial charge in [0.1, 0.15) is 6.29 Å². The average Bonchev–Trinajstić information content (AvgIpc) is 2.87. The number of nitrogens with one attached hydrogen (secondary N) is 1. The maximum absolute atomic E-state index is 11.7. The molecule has 0 bridgehead atoms. The van der Waals surface area contributed by atoms with Crippen molar-refractivity contribution in [1.29, 1.82) is 0 Å². The summed E-state index contributed by atoms with van der Waals surface area (Å²) >= 11 is -3.30. The zero-order valence-electron chi connectivity index (χ0n) is 21.8. The van der Waals surface area contributed by atoms with E-state index in [1.54, 1.807) is 12.1 Å². The minimum absolute atomic E-state index is 0.122. The molecule has 200 valence electrons. The van der Waals surface area contributed by atoms with Crippen molar-refractivity contribution in [3.05, 3.63) is 70.8 Å². The summed E-state index contributed by atoms with van der Waals surface area (Å²) in [5.41, 5.74) is 3.66. The van der Waals surface area contributed by atoms with Crippen LogP contribution in [0.5, 0.6) is 0 Å². The van der Waals surface area contributed by atoms with Gasteiger partial charge in [-0.15, -0.1) is 0 Å². The third-order valence-corrected chi connectivity index (χ3v) is 4.08. The molecular weight excluding hydrogens is 490 g/mol. The first-order valence-corrected chi connectivity index (χ1v) is 13.4. The Morgan fingerprint density at radius 1 is 0.971 bits per heavy atom. The van der Waals surface area contributed by atoms with E-state index < -0.39 is 22.4 Å². The van der Waals surface area contributed by atoms with Crippen molar-refractivity contribution in [2.24, 2.45) is 0 Å². The normalized spacial score (nSPS) is 9.89. The number of benzene rings is 2. The summed E-state index contributed by atoms with van der Waals surface area (Å²) in [4.78, 5) is 21.8. The summed E-state index contributed by atoms with van der Waals surface area (Å²) in [6.07, 6.45) is 1.42. The van der Waals surface area contributed by atoms with E-state index in [-0.39, 0.29) is 12.5 Å². The fraction of sp³-hybridized carbons (Fsp3) is 0.400. The summed E-state index contributed by atoms with van der Waals surface area (Å²) in [6.45, 7) is 12.7. The molecule has 3 N–H and O–H groups in total. The zero-order chi connectivity index (χ0) is 27.6. The van der Waals surface area contributed by atoms with E-state index in [0.29, 0.717) is 18.5 Å². The van der Waals surface area contributed by atoms with Crippen LogP contribution in [0.2, 0.25) is 0 Å². The minimum atomic E-state index is -1.69. The minimum Gasteiger partial charge on any atom is -0.352 e. The quantitative estimate of drug-likeness (QED) is 0.222. The van der Waals surface area contributed by atoms with Gasteiger partial charge in [-0.25, -0.2) is 0 Å². The molecule has 2 aromatic carbocycles. The highest BCUT2D eigenvalue weighted by molar-refractivity contribution is 8.03. The molecule has 0 heterocycles. The molecular formula is C25H41NO7S2. The standard InChI is InChI=1S/C12H17NO4S.C8H8O.2C2H6.CH4O2S/c1-10-4-6-11(7-5-10)12(14)13-8-3-9-17-18(15)16-2;1-7-2-4-8(6-9)5-3-7;2*1-2;1-4(2)3/h4-7H,3,8-9H2,1-2H3,(H,13,14);2-6H,1H3;2*1-2H3;2-3H,1H2. The van der Waals surface area contributed by atoms with Gasteiger partial charge in [-0.2, -0.15) is 4.21 Å². The first kappa shape index (κ1) is 37.3. The number of carbonyl (C=O) groups excluding carboxylic acids is 2. The van der Waals surface area contributed by atoms with Crippen molar-refractivity contribution in [2.45, 2.75) is 48.0 Å². The Hall–Kier alpha value is -2.21.